The van der Waals surface area contributed by atoms with Gasteiger partial charge in [0, 0.05) is 0 Å². The Morgan fingerprint density at radius 3 is 2.80 bits per heavy atom. The van der Waals surface area contributed by atoms with E-state index in [1.807, 2.05) is 13.8 Å². The third-order valence-corrected chi connectivity index (χ3v) is 5.69. The van der Waals surface area contributed by atoms with Crippen LogP contribution in [0, 0.1) is 17.3 Å². The fourth-order valence-corrected chi connectivity index (χ4v) is 4.51. The summed E-state index contributed by atoms with van der Waals surface area (Å²) < 4.78 is 0. The first-order valence-electron chi connectivity index (χ1n) is 8.35. The SMILES string of the molecule is C[C@@H](CCCC(C)(C)O)C1=CC[C@H]2[C@@H](O)CCC[C@]12C. The quantitative estimate of drug-likeness (QED) is 0.746. The molecule has 2 nitrogen and oxygen atoms in total. The first-order chi connectivity index (χ1) is 9.24. The van der Waals surface area contributed by atoms with Gasteiger partial charge in [0.15, 0.2) is 0 Å². The molecule has 2 N–H and O–H groups in total. The lowest BCUT2D eigenvalue weighted by Crippen LogP contribution is -2.39. The molecule has 0 amide bonds. The normalized spacial score (nSPS) is 35.6. The largest absolute Gasteiger partial charge is 0.393 e. The molecule has 0 radical (unpaired) electrons. The summed E-state index contributed by atoms with van der Waals surface area (Å²) in [5.74, 6) is 1.03. The van der Waals surface area contributed by atoms with E-state index in [2.05, 4.69) is 19.9 Å². The van der Waals surface area contributed by atoms with Crippen molar-refractivity contribution < 1.29 is 10.2 Å². The van der Waals surface area contributed by atoms with E-state index in [1.165, 1.54) is 6.42 Å². The Kier molecular flexibility index (Phi) is 4.66. The lowest BCUT2D eigenvalue weighted by molar-refractivity contribution is 0.00755. The number of hydrogen-bond acceptors (Lipinski definition) is 2. The highest BCUT2D eigenvalue weighted by molar-refractivity contribution is 5.26. The maximum absolute atomic E-state index is 10.3. The summed E-state index contributed by atoms with van der Waals surface area (Å²) >= 11 is 0. The zero-order chi connectivity index (χ0) is 15.0. The Morgan fingerprint density at radius 2 is 2.15 bits per heavy atom. The summed E-state index contributed by atoms with van der Waals surface area (Å²) in [6.07, 6.45) is 9.82. The minimum atomic E-state index is -0.544. The van der Waals surface area contributed by atoms with Gasteiger partial charge in [0.2, 0.25) is 0 Å². The van der Waals surface area contributed by atoms with Crippen LogP contribution in [-0.2, 0) is 0 Å². The molecule has 0 spiro atoms. The van der Waals surface area contributed by atoms with E-state index >= 15 is 0 Å². The second kappa shape index (κ2) is 5.81. The second-order valence-corrected chi connectivity index (χ2v) is 7.98. The summed E-state index contributed by atoms with van der Waals surface area (Å²) in [7, 11) is 0. The molecular weight excluding hydrogens is 248 g/mol. The lowest BCUT2D eigenvalue weighted by Gasteiger charge is -2.43. The highest BCUT2D eigenvalue weighted by Gasteiger charge is 2.47. The van der Waals surface area contributed by atoms with Crippen LogP contribution in [0.2, 0.25) is 0 Å². The molecule has 0 heterocycles. The highest BCUT2D eigenvalue weighted by atomic mass is 16.3. The van der Waals surface area contributed by atoms with Crippen LogP contribution in [0.3, 0.4) is 0 Å². The summed E-state index contributed by atoms with van der Waals surface area (Å²) in [5, 5.41) is 20.1. The van der Waals surface area contributed by atoms with E-state index in [0.717, 1.165) is 38.5 Å². The molecule has 2 aliphatic carbocycles. The number of allylic oxidation sites excluding steroid dienone is 2. The van der Waals surface area contributed by atoms with Gasteiger partial charge < -0.3 is 10.2 Å². The van der Waals surface area contributed by atoms with Gasteiger partial charge in [0.25, 0.3) is 0 Å². The summed E-state index contributed by atoms with van der Waals surface area (Å²) in [6, 6.07) is 0. The van der Waals surface area contributed by atoms with Crippen LogP contribution >= 0.6 is 0 Å². The van der Waals surface area contributed by atoms with Crippen molar-refractivity contribution in [2.24, 2.45) is 17.3 Å². The maximum atomic E-state index is 10.3. The molecule has 2 heteroatoms. The fourth-order valence-electron chi connectivity index (χ4n) is 4.51. The molecule has 20 heavy (non-hydrogen) atoms. The molecule has 4 atom stereocenters. The van der Waals surface area contributed by atoms with E-state index in [-0.39, 0.29) is 11.5 Å². The highest BCUT2D eigenvalue weighted by Crippen LogP contribution is 2.55. The Balaban J connectivity index is 1.95. The molecule has 0 aromatic heterocycles. The van der Waals surface area contributed by atoms with Gasteiger partial charge in [-0.15, -0.1) is 0 Å². The zero-order valence-electron chi connectivity index (χ0n) is 13.7. The predicted molar refractivity (Wildman–Crippen MR) is 83.5 cm³/mol. The maximum Gasteiger partial charge on any atom is 0.0591 e. The van der Waals surface area contributed by atoms with Crippen molar-refractivity contribution in [1.82, 2.24) is 0 Å². The summed E-state index contributed by atoms with van der Waals surface area (Å²) in [4.78, 5) is 0. The predicted octanol–water partition coefficient (Wildman–Crippen LogP) is 4.06. The monoisotopic (exact) mass is 280 g/mol. The van der Waals surface area contributed by atoms with E-state index in [9.17, 15) is 10.2 Å². The fraction of sp³-hybridized carbons (Fsp3) is 0.889. The third-order valence-electron chi connectivity index (χ3n) is 5.69. The molecule has 1 saturated carbocycles. The topological polar surface area (TPSA) is 40.5 Å². The third kappa shape index (κ3) is 3.28. The minimum absolute atomic E-state index is 0.105. The number of fused-ring (bicyclic) bond motifs is 1. The first kappa shape index (κ1) is 16.0. The first-order valence-corrected chi connectivity index (χ1v) is 8.35. The average Bonchev–Trinajstić information content (AvgIpc) is 2.66. The van der Waals surface area contributed by atoms with Crippen LogP contribution < -0.4 is 0 Å². The summed E-state index contributed by atoms with van der Waals surface area (Å²) in [5.41, 5.74) is 1.26. The molecule has 2 rings (SSSR count). The van der Waals surface area contributed by atoms with Crippen LogP contribution in [0.4, 0.5) is 0 Å². The molecule has 0 saturated heterocycles. The number of aliphatic hydroxyl groups is 2. The van der Waals surface area contributed by atoms with Gasteiger partial charge in [-0.05, 0) is 69.6 Å². The van der Waals surface area contributed by atoms with Gasteiger partial charge >= 0.3 is 0 Å². The Hall–Kier alpha value is -0.340. The number of rotatable bonds is 5. The van der Waals surface area contributed by atoms with Crippen LogP contribution in [0.5, 0.6) is 0 Å². The second-order valence-electron chi connectivity index (χ2n) is 7.98. The van der Waals surface area contributed by atoms with Crippen LogP contribution in [0.15, 0.2) is 11.6 Å². The van der Waals surface area contributed by atoms with Crippen LogP contribution in [0.1, 0.15) is 72.6 Å². The molecule has 0 bridgehead atoms. The molecular formula is C18H32O2. The van der Waals surface area contributed by atoms with Crippen molar-refractivity contribution in [2.75, 3.05) is 0 Å². The van der Waals surface area contributed by atoms with Gasteiger partial charge in [-0.3, -0.25) is 0 Å². The molecule has 0 unspecified atom stereocenters. The van der Waals surface area contributed by atoms with E-state index in [0.29, 0.717) is 11.8 Å². The number of hydrogen-bond donors (Lipinski definition) is 2. The van der Waals surface area contributed by atoms with Crippen LogP contribution in [-0.4, -0.2) is 21.9 Å². The standard InChI is InChI=1S/C18H32O2/c1-13(7-5-11-17(2,3)20)14-9-10-15-16(19)8-6-12-18(14,15)4/h9,13,15-16,19-20H,5-8,10-12H2,1-4H3/t13-,15-,16-,18+/m0/s1. The molecule has 0 aliphatic heterocycles. The van der Waals surface area contributed by atoms with Crippen molar-refractivity contribution in [3.05, 3.63) is 11.6 Å². The van der Waals surface area contributed by atoms with E-state index in [1.54, 1.807) is 5.57 Å². The van der Waals surface area contributed by atoms with Crippen molar-refractivity contribution in [2.45, 2.75) is 84.3 Å². The summed E-state index contributed by atoms with van der Waals surface area (Å²) in [6.45, 7) is 8.47. The van der Waals surface area contributed by atoms with Gasteiger partial charge in [-0.25, -0.2) is 0 Å². The molecule has 0 aromatic rings. The van der Waals surface area contributed by atoms with Crippen molar-refractivity contribution >= 4 is 0 Å². The van der Waals surface area contributed by atoms with Gasteiger partial charge in [0.05, 0.1) is 11.7 Å². The van der Waals surface area contributed by atoms with Crippen molar-refractivity contribution in [3.63, 3.8) is 0 Å². The molecule has 0 aromatic carbocycles. The van der Waals surface area contributed by atoms with E-state index in [4.69, 9.17) is 0 Å². The smallest absolute Gasteiger partial charge is 0.0591 e. The number of aliphatic hydroxyl groups excluding tert-OH is 1. The minimum Gasteiger partial charge on any atom is -0.393 e. The van der Waals surface area contributed by atoms with E-state index < -0.39 is 5.60 Å². The van der Waals surface area contributed by atoms with Gasteiger partial charge in [-0.1, -0.05) is 31.9 Å². The van der Waals surface area contributed by atoms with Crippen molar-refractivity contribution in [3.8, 4) is 0 Å². The van der Waals surface area contributed by atoms with Gasteiger partial charge in [0.1, 0.15) is 0 Å². The molecule has 1 fully saturated rings. The molecule has 116 valence electrons. The Labute approximate surface area is 124 Å². The Bertz CT molecular complexity index is 366. The zero-order valence-corrected chi connectivity index (χ0v) is 13.7. The average molecular weight is 280 g/mol. The molecule has 2 aliphatic rings. The van der Waals surface area contributed by atoms with Gasteiger partial charge in [-0.2, -0.15) is 0 Å². The van der Waals surface area contributed by atoms with Crippen LogP contribution in [0.25, 0.3) is 0 Å². The lowest BCUT2D eigenvalue weighted by atomic mass is 9.63. The van der Waals surface area contributed by atoms with Crippen molar-refractivity contribution in [1.29, 1.82) is 0 Å². The Morgan fingerprint density at radius 1 is 1.45 bits per heavy atom.